The van der Waals surface area contributed by atoms with Crippen molar-refractivity contribution in [3.8, 4) is 11.1 Å². The topological polar surface area (TPSA) is 68.0 Å². The Balaban J connectivity index is 1.63. The highest BCUT2D eigenvalue weighted by molar-refractivity contribution is 6.03. The molecule has 25 heavy (non-hydrogen) atoms. The second-order valence-corrected chi connectivity index (χ2v) is 5.72. The van der Waals surface area contributed by atoms with Crippen LogP contribution in [0.5, 0.6) is 0 Å². The summed E-state index contributed by atoms with van der Waals surface area (Å²) in [5.74, 6) is -0.109. The molecule has 0 aliphatic heterocycles. The molecular weight excluding hydrogens is 314 g/mol. The zero-order valence-corrected chi connectivity index (χ0v) is 13.6. The minimum atomic E-state index is -0.324. The van der Waals surface area contributed by atoms with Gasteiger partial charge in [-0.2, -0.15) is 0 Å². The number of pyridine rings is 1. The number of nitrogens with one attached hydrogen (secondary N) is 1. The molecule has 1 amide bonds. The zero-order valence-electron chi connectivity index (χ0n) is 13.6. The smallest absolute Gasteiger partial charge is 0.293 e. The van der Waals surface area contributed by atoms with Crippen molar-refractivity contribution in [2.75, 3.05) is 5.32 Å². The van der Waals surface area contributed by atoms with Crippen LogP contribution in [0.25, 0.3) is 22.0 Å². The van der Waals surface area contributed by atoms with Gasteiger partial charge in [-0.05, 0) is 30.7 Å². The Morgan fingerprint density at radius 2 is 1.84 bits per heavy atom. The number of nitrogens with zero attached hydrogens (tertiary/aromatic N) is 2. The molecule has 5 heteroatoms. The van der Waals surface area contributed by atoms with Gasteiger partial charge >= 0.3 is 0 Å². The third kappa shape index (κ3) is 2.99. The van der Waals surface area contributed by atoms with Crippen LogP contribution in [0.4, 0.5) is 5.69 Å². The lowest BCUT2D eigenvalue weighted by Gasteiger charge is -2.07. The van der Waals surface area contributed by atoms with E-state index in [2.05, 4.69) is 33.5 Å². The Labute approximate surface area is 144 Å². The molecule has 0 saturated carbocycles. The summed E-state index contributed by atoms with van der Waals surface area (Å²) in [5.41, 5.74) is 4.21. The first kappa shape index (κ1) is 15.1. The molecule has 0 atom stereocenters. The highest BCUT2D eigenvalue weighted by Crippen LogP contribution is 2.24. The Morgan fingerprint density at radius 1 is 1.00 bits per heavy atom. The van der Waals surface area contributed by atoms with Gasteiger partial charge in [-0.25, -0.2) is 4.98 Å². The van der Waals surface area contributed by atoms with E-state index in [1.807, 2.05) is 42.6 Å². The molecule has 0 fully saturated rings. The van der Waals surface area contributed by atoms with E-state index in [4.69, 9.17) is 4.42 Å². The van der Waals surface area contributed by atoms with Crippen LogP contribution in [0.2, 0.25) is 0 Å². The SMILES string of the molecule is Cc1ncoc1C(=O)Nc1ccc2cc(-c3ccccc3)cnc2c1. The average molecular weight is 329 g/mol. The normalized spacial score (nSPS) is 10.8. The Hall–Kier alpha value is -3.47. The summed E-state index contributed by atoms with van der Waals surface area (Å²) < 4.78 is 5.11. The Bertz CT molecular complexity index is 1050. The molecule has 0 unspecified atom stereocenters. The quantitative estimate of drug-likeness (QED) is 0.603. The van der Waals surface area contributed by atoms with E-state index in [1.54, 1.807) is 6.92 Å². The van der Waals surface area contributed by atoms with E-state index in [-0.39, 0.29) is 11.7 Å². The summed E-state index contributed by atoms with van der Waals surface area (Å²) >= 11 is 0. The van der Waals surface area contributed by atoms with Crippen LogP contribution in [-0.4, -0.2) is 15.9 Å². The Morgan fingerprint density at radius 3 is 2.60 bits per heavy atom. The van der Waals surface area contributed by atoms with Gasteiger partial charge in [-0.3, -0.25) is 9.78 Å². The largest absolute Gasteiger partial charge is 0.438 e. The van der Waals surface area contributed by atoms with Crippen molar-refractivity contribution >= 4 is 22.5 Å². The fraction of sp³-hybridized carbons (Fsp3) is 0.0500. The molecular formula is C20H15N3O2. The summed E-state index contributed by atoms with van der Waals surface area (Å²) in [4.78, 5) is 20.7. The number of aryl methyl sites for hydroxylation is 1. The van der Waals surface area contributed by atoms with Crippen LogP contribution in [0.15, 0.2) is 71.6 Å². The third-order valence-electron chi connectivity index (χ3n) is 4.00. The van der Waals surface area contributed by atoms with Gasteiger partial charge in [0.05, 0.1) is 11.2 Å². The molecule has 2 aromatic heterocycles. The van der Waals surface area contributed by atoms with Crippen LogP contribution in [0, 0.1) is 6.92 Å². The van der Waals surface area contributed by atoms with Crippen LogP contribution in [0.3, 0.4) is 0 Å². The van der Waals surface area contributed by atoms with Gasteiger partial charge in [0.1, 0.15) is 0 Å². The fourth-order valence-electron chi connectivity index (χ4n) is 2.70. The molecule has 2 heterocycles. The van der Waals surface area contributed by atoms with Crippen molar-refractivity contribution in [3.05, 3.63) is 78.6 Å². The molecule has 0 aliphatic rings. The lowest BCUT2D eigenvalue weighted by molar-refractivity contribution is 0.0996. The number of amides is 1. The number of benzene rings is 2. The number of anilines is 1. The number of rotatable bonds is 3. The average Bonchev–Trinajstić information content (AvgIpc) is 3.08. The number of carbonyl (C=O) groups is 1. The zero-order chi connectivity index (χ0) is 17.2. The summed E-state index contributed by atoms with van der Waals surface area (Å²) in [5, 5.41) is 3.82. The van der Waals surface area contributed by atoms with E-state index < -0.39 is 0 Å². The fourth-order valence-corrected chi connectivity index (χ4v) is 2.70. The Kier molecular flexibility index (Phi) is 3.74. The third-order valence-corrected chi connectivity index (χ3v) is 4.00. The first-order valence-corrected chi connectivity index (χ1v) is 7.87. The van der Waals surface area contributed by atoms with Crippen LogP contribution in [-0.2, 0) is 0 Å². The van der Waals surface area contributed by atoms with Crippen molar-refractivity contribution in [1.29, 1.82) is 0 Å². The van der Waals surface area contributed by atoms with Gasteiger partial charge in [0.15, 0.2) is 6.39 Å². The van der Waals surface area contributed by atoms with E-state index in [9.17, 15) is 4.79 Å². The van der Waals surface area contributed by atoms with E-state index >= 15 is 0 Å². The molecule has 1 N–H and O–H groups in total. The molecule has 122 valence electrons. The number of hydrogen-bond acceptors (Lipinski definition) is 4. The predicted octanol–water partition coefficient (Wildman–Crippen LogP) is 4.45. The van der Waals surface area contributed by atoms with Crippen molar-refractivity contribution in [2.24, 2.45) is 0 Å². The molecule has 4 rings (SSSR count). The minimum Gasteiger partial charge on any atom is -0.438 e. The van der Waals surface area contributed by atoms with Crippen molar-refractivity contribution in [3.63, 3.8) is 0 Å². The molecule has 0 bridgehead atoms. The standard InChI is InChI=1S/C20H15N3O2/c1-13-19(25-12-22-13)20(24)23-17-8-7-15-9-16(11-21-18(15)10-17)14-5-3-2-4-6-14/h2-12H,1H3,(H,23,24). The van der Waals surface area contributed by atoms with Gasteiger partial charge in [0.25, 0.3) is 5.91 Å². The number of hydrogen-bond donors (Lipinski definition) is 1. The summed E-state index contributed by atoms with van der Waals surface area (Å²) in [7, 11) is 0. The molecule has 0 saturated heterocycles. The van der Waals surface area contributed by atoms with Gasteiger partial charge in [-0.1, -0.05) is 36.4 Å². The summed E-state index contributed by atoms with van der Waals surface area (Å²) in [6.07, 6.45) is 3.10. The number of oxazole rings is 1. The van der Waals surface area contributed by atoms with Crippen molar-refractivity contribution in [2.45, 2.75) is 6.92 Å². The van der Waals surface area contributed by atoms with Gasteiger partial charge in [0.2, 0.25) is 5.76 Å². The van der Waals surface area contributed by atoms with E-state index in [1.165, 1.54) is 6.39 Å². The van der Waals surface area contributed by atoms with Crippen LogP contribution < -0.4 is 5.32 Å². The monoisotopic (exact) mass is 329 g/mol. The number of carbonyl (C=O) groups excluding carboxylic acids is 1. The number of fused-ring (bicyclic) bond motifs is 1. The maximum atomic E-state index is 12.2. The molecule has 2 aromatic carbocycles. The second-order valence-electron chi connectivity index (χ2n) is 5.72. The van der Waals surface area contributed by atoms with E-state index in [0.29, 0.717) is 11.4 Å². The van der Waals surface area contributed by atoms with Crippen LogP contribution >= 0.6 is 0 Å². The van der Waals surface area contributed by atoms with Crippen molar-refractivity contribution < 1.29 is 9.21 Å². The second kappa shape index (κ2) is 6.20. The van der Waals surface area contributed by atoms with Crippen LogP contribution in [0.1, 0.15) is 16.2 Å². The first-order valence-electron chi connectivity index (χ1n) is 7.87. The summed E-state index contributed by atoms with van der Waals surface area (Å²) in [6, 6.07) is 17.8. The number of aromatic nitrogens is 2. The van der Waals surface area contributed by atoms with Gasteiger partial charge in [0, 0.05) is 22.8 Å². The maximum absolute atomic E-state index is 12.2. The molecule has 5 nitrogen and oxygen atoms in total. The lowest BCUT2D eigenvalue weighted by Crippen LogP contribution is -2.12. The molecule has 0 aliphatic carbocycles. The van der Waals surface area contributed by atoms with Gasteiger partial charge in [-0.15, -0.1) is 0 Å². The highest BCUT2D eigenvalue weighted by atomic mass is 16.3. The highest BCUT2D eigenvalue weighted by Gasteiger charge is 2.14. The van der Waals surface area contributed by atoms with Gasteiger partial charge < -0.3 is 9.73 Å². The summed E-state index contributed by atoms with van der Waals surface area (Å²) in [6.45, 7) is 1.73. The first-order chi connectivity index (χ1) is 12.2. The molecule has 0 radical (unpaired) electrons. The lowest BCUT2D eigenvalue weighted by atomic mass is 10.1. The molecule has 4 aromatic rings. The van der Waals surface area contributed by atoms with Crippen molar-refractivity contribution in [1.82, 2.24) is 9.97 Å². The molecule has 0 spiro atoms. The maximum Gasteiger partial charge on any atom is 0.293 e. The minimum absolute atomic E-state index is 0.215. The van der Waals surface area contributed by atoms with E-state index in [0.717, 1.165) is 22.0 Å². The predicted molar refractivity (Wildman–Crippen MR) is 96.4 cm³/mol.